The Balaban J connectivity index is 1.55. The number of likely N-dealkylation sites (N-methyl/N-ethyl adjacent to an activating group) is 1. The molecule has 0 aliphatic heterocycles. The minimum atomic E-state index is 0.230. The molecule has 1 aromatic heterocycles. The Bertz CT molecular complexity index is 847. The molecule has 27 heavy (non-hydrogen) atoms. The van der Waals surface area contributed by atoms with Crippen molar-refractivity contribution in [3.8, 4) is 16.9 Å². The molecule has 5 heteroatoms. The second kappa shape index (κ2) is 10.2. The zero-order valence-corrected chi connectivity index (χ0v) is 18.1. The topological polar surface area (TPSA) is 32.7 Å². The third-order valence-corrected chi connectivity index (χ3v) is 6.18. The predicted octanol–water partition coefficient (Wildman–Crippen LogP) is 5.80. The maximum atomic E-state index is 9.02. The van der Waals surface area contributed by atoms with Crippen molar-refractivity contribution in [1.82, 2.24) is 4.90 Å². The summed E-state index contributed by atoms with van der Waals surface area (Å²) in [5.41, 5.74) is 2.51. The third kappa shape index (κ3) is 5.55. The van der Waals surface area contributed by atoms with Crippen molar-refractivity contribution in [3.05, 3.63) is 52.3 Å². The van der Waals surface area contributed by atoms with Gasteiger partial charge in [-0.05, 0) is 67.2 Å². The first-order valence-electron chi connectivity index (χ1n) is 9.44. The molecule has 144 valence electrons. The van der Waals surface area contributed by atoms with Crippen LogP contribution in [0.3, 0.4) is 0 Å². The molecule has 0 unspecified atom stereocenters. The van der Waals surface area contributed by atoms with Gasteiger partial charge in [-0.1, -0.05) is 35.0 Å². The molecule has 0 saturated heterocycles. The summed E-state index contributed by atoms with van der Waals surface area (Å²) in [5, 5.41) is 12.5. The Morgan fingerprint density at radius 2 is 1.89 bits per heavy atom. The summed E-state index contributed by atoms with van der Waals surface area (Å²) in [6, 6.07) is 14.8. The van der Waals surface area contributed by atoms with Crippen LogP contribution in [-0.2, 0) is 0 Å². The van der Waals surface area contributed by atoms with E-state index in [1.165, 1.54) is 21.2 Å². The van der Waals surface area contributed by atoms with Crippen molar-refractivity contribution < 1.29 is 9.84 Å². The third-order valence-electron chi connectivity index (χ3n) is 4.70. The van der Waals surface area contributed by atoms with E-state index < -0.39 is 0 Å². The zero-order chi connectivity index (χ0) is 19.1. The van der Waals surface area contributed by atoms with Crippen molar-refractivity contribution in [2.75, 3.05) is 32.8 Å². The molecular formula is C22H26BrNO2S. The molecule has 3 nitrogen and oxygen atoms in total. The molecule has 1 N–H and O–H groups in total. The highest BCUT2D eigenvalue weighted by molar-refractivity contribution is 9.10. The van der Waals surface area contributed by atoms with Gasteiger partial charge < -0.3 is 14.7 Å². The molecule has 0 radical (unpaired) electrons. The standard InChI is InChI=1S/C22H26BrNO2S/c1-2-24(12-13-25)11-3-4-14-26-19-9-10-20-21(16-27-22(20)15-19)17-5-7-18(23)8-6-17/h5-10,15-16,25H,2-4,11-14H2,1H3. The van der Waals surface area contributed by atoms with E-state index in [4.69, 9.17) is 9.84 Å². The first kappa shape index (κ1) is 20.3. The number of thiophene rings is 1. The van der Waals surface area contributed by atoms with Crippen LogP contribution in [0.2, 0.25) is 0 Å². The van der Waals surface area contributed by atoms with Gasteiger partial charge in [-0.3, -0.25) is 0 Å². The maximum absolute atomic E-state index is 9.02. The van der Waals surface area contributed by atoms with Crippen LogP contribution in [0, 0.1) is 0 Å². The highest BCUT2D eigenvalue weighted by atomic mass is 79.9. The van der Waals surface area contributed by atoms with Gasteiger partial charge in [-0.25, -0.2) is 0 Å². The number of rotatable bonds is 10. The Hall–Kier alpha value is -1.40. The molecule has 0 saturated carbocycles. The summed E-state index contributed by atoms with van der Waals surface area (Å²) in [5.74, 6) is 0.939. The molecule has 0 bridgehead atoms. The molecule has 2 aromatic carbocycles. The van der Waals surface area contributed by atoms with Gasteiger partial charge >= 0.3 is 0 Å². The van der Waals surface area contributed by atoms with E-state index in [9.17, 15) is 0 Å². The number of nitrogens with zero attached hydrogens (tertiary/aromatic N) is 1. The molecule has 3 aromatic rings. The molecule has 0 aliphatic rings. The fourth-order valence-electron chi connectivity index (χ4n) is 3.15. The van der Waals surface area contributed by atoms with Gasteiger partial charge in [0.05, 0.1) is 13.2 Å². The molecule has 3 rings (SSSR count). The number of aliphatic hydroxyl groups is 1. The van der Waals surface area contributed by atoms with Gasteiger partial charge in [-0.2, -0.15) is 0 Å². The van der Waals surface area contributed by atoms with Crippen LogP contribution in [-0.4, -0.2) is 42.9 Å². The van der Waals surface area contributed by atoms with Crippen LogP contribution in [0.5, 0.6) is 5.75 Å². The maximum Gasteiger partial charge on any atom is 0.120 e. The van der Waals surface area contributed by atoms with Crippen molar-refractivity contribution in [1.29, 1.82) is 0 Å². The second-order valence-electron chi connectivity index (χ2n) is 6.53. The van der Waals surface area contributed by atoms with Crippen molar-refractivity contribution in [2.24, 2.45) is 0 Å². The minimum absolute atomic E-state index is 0.230. The van der Waals surface area contributed by atoms with Gasteiger partial charge in [0.15, 0.2) is 0 Å². The fraction of sp³-hybridized carbons (Fsp3) is 0.364. The quantitative estimate of drug-likeness (QED) is 0.398. The van der Waals surface area contributed by atoms with E-state index in [0.29, 0.717) is 0 Å². The number of hydrogen-bond donors (Lipinski definition) is 1. The number of fused-ring (bicyclic) bond motifs is 1. The van der Waals surface area contributed by atoms with E-state index in [1.54, 1.807) is 11.3 Å². The normalized spacial score (nSPS) is 11.4. The van der Waals surface area contributed by atoms with Crippen molar-refractivity contribution in [2.45, 2.75) is 19.8 Å². The first-order chi connectivity index (χ1) is 13.2. The smallest absolute Gasteiger partial charge is 0.120 e. The molecule has 0 amide bonds. The van der Waals surface area contributed by atoms with Gasteiger partial charge in [0, 0.05) is 26.7 Å². The van der Waals surface area contributed by atoms with Crippen LogP contribution in [0.15, 0.2) is 52.3 Å². The molecule has 0 spiro atoms. The Morgan fingerprint density at radius 1 is 1.07 bits per heavy atom. The van der Waals surface area contributed by atoms with Crippen LogP contribution in [0.4, 0.5) is 0 Å². The van der Waals surface area contributed by atoms with Gasteiger partial charge in [0.25, 0.3) is 0 Å². The summed E-state index contributed by atoms with van der Waals surface area (Å²) in [6.45, 7) is 5.84. The second-order valence-corrected chi connectivity index (χ2v) is 8.35. The predicted molar refractivity (Wildman–Crippen MR) is 119 cm³/mol. The van der Waals surface area contributed by atoms with Gasteiger partial charge in [-0.15, -0.1) is 11.3 Å². The van der Waals surface area contributed by atoms with Gasteiger partial charge in [0.1, 0.15) is 5.75 Å². The van der Waals surface area contributed by atoms with E-state index in [-0.39, 0.29) is 6.61 Å². The number of aliphatic hydroxyl groups excluding tert-OH is 1. The largest absolute Gasteiger partial charge is 0.494 e. The number of ether oxygens (including phenoxy) is 1. The van der Waals surface area contributed by atoms with E-state index in [2.05, 4.69) is 75.6 Å². The average molecular weight is 448 g/mol. The minimum Gasteiger partial charge on any atom is -0.494 e. The molecule has 0 atom stereocenters. The highest BCUT2D eigenvalue weighted by Gasteiger charge is 2.08. The highest BCUT2D eigenvalue weighted by Crippen LogP contribution is 2.36. The lowest BCUT2D eigenvalue weighted by atomic mass is 10.1. The number of hydrogen-bond acceptors (Lipinski definition) is 4. The summed E-state index contributed by atoms with van der Waals surface area (Å²) in [7, 11) is 0. The lowest BCUT2D eigenvalue weighted by Gasteiger charge is -2.18. The summed E-state index contributed by atoms with van der Waals surface area (Å²) in [4.78, 5) is 2.27. The monoisotopic (exact) mass is 447 g/mol. The SMILES string of the molecule is CCN(CCO)CCCCOc1ccc2c(-c3ccc(Br)cc3)csc2c1. The Morgan fingerprint density at radius 3 is 2.63 bits per heavy atom. The average Bonchev–Trinajstić information content (AvgIpc) is 3.10. The number of benzene rings is 2. The van der Waals surface area contributed by atoms with Crippen LogP contribution in [0.1, 0.15) is 19.8 Å². The van der Waals surface area contributed by atoms with Crippen LogP contribution >= 0.6 is 27.3 Å². The molecule has 0 aliphatic carbocycles. The zero-order valence-electron chi connectivity index (χ0n) is 15.7. The lowest BCUT2D eigenvalue weighted by Crippen LogP contribution is -2.27. The number of unbranched alkanes of at least 4 members (excludes halogenated alkanes) is 1. The number of halogens is 1. The van der Waals surface area contributed by atoms with E-state index in [1.807, 2.05) is 0 Å². The van der Waals surface area contributed by atoms with Crippen molar-refractivity contribution >= 4 is 37.4 Å². The van der Waals surface area contributed by atoms with E-state index in [0.717, 1.165) is 49.3 Å². The summed E-state index contributed by atoms with van der Waals surface area (Å²) < 4.78 is 8.31. The summed E-state index contributed by atoms with van der Waals surface area (Å²) >= 11 is 5.26. The van der Waals surface area contributed by atoms with Crippen molar-refractivity contribution in [3.63, 3.8) is 0 Å². The molecular weight excluding hydrogens is 422 g/mol. The van der Waals surface area contributed by atoms with Crippen LogP contribution < -0.4 is 4.74 Å². The van der Waals surface area contributed by atoms with Crippen LogP contribution in [0.25, 0.3) is 21.2 Å². The summed E-state index contributed by atoms with van der Waals surface area (Å²) in [6.07, 6.45) is 2.11. The van der Waals surface area contributed by atoms with E-state index >= 15 is 0 Å². The fourth-order valence-corrected chi connectivity index (χ4v) is 4.41. The molecule has 1 heterocycles. The Labute approximate surface area is 173 Å². The molecule has 0 fully saturated rings. The van der Waals surface area contributed by atoms with Gasteiger partial charge in [0.2, 0.25) is 0 Å². The first-order valence-corrected chi connectivity index (χ1v) is 11.1. The Kier molecular flexibility index (Phi) is 7.70. The lowest BCUT2D eigenvalue weighted by molar-refractivity contribution is 0.195.